The SMILES string of the molecule is CC#C[C@@]1(O)CC[C@H]2[C@@H]3CC[C@@]4(O)CC5(CCC4=C3[C@@H](c3ccc(C(=O)c4ccc(C#N)cc4)cc3)C[C@@]21C)OCCO5. The third-order valence-corrected chi connectivity index (χ3v) is 11.6. The first-order valence-electron chi connectivity index (χ1n) is 15.7. The van der Waals surface area contributed by atoms with E-state index in [0.29, 0.717) is 49.2 Å². The van der Waals surface area contributed by atoms with Crippen molar-refractivity contribution < 1.29 is 24.5 Å². The van der Waals surface area contributed by atoms with E-state index in [-0.39, 0.29) is 23.5 Å². The summed E-state index contributed by atoms with van der Waals surface area (Å²) in [5.41, 5.74) is 2.82. The Bertz CT molecular complexity index is 1580. The van der Waals surface area contributed by atoms with Gasteiger partial charge in [-0.2, -0.15) is 5.26 Å². The van der Waals surface area contributed by atoms with Gasteiger partial charge in [0.05, 0.1) is 30.4 Å². The minimum Gasteiger partial charge on any atom is -0.385 e. The molecule has 1 saturated heterocycles. The number of benzene rings is 2. The number of hydrogen-bond donors (Lipinski definition) is 2. The standard InChI is InChI=1S/C37H39NO5/c1-3-15-36(41)17-13-30-28-12-16-35(40)23-37(42-19-20-43-37)18-14-31(35)32(28)29(21-34(30,36)2)25-8-10-27(11-9-25)33(39)26-6-4-24(22-38)5-7-26/h4-11,28-30,40-41H,12-14,16-21,23H2,1-2H3/t28-,29+,30-,34-,35+,36+/m0/s1. The fraction of sp³-hybridized carbons (Fsp3) is 0.514. The lowest BCUT2D eigenvalue weighted by molar-refractivity contribution is -0.208. The molecule has 2 aromatic carbocycles. The van der Waals surface area contributed by atoms with E-state index in [1.165, 1.54) is 5.57 Å². The van der Waals surface area contributed by atoms with Crippen molar-refractivity contribution in [1.82, 2.24) is 0 Å². The van der Waals surface area contributed by atoms with Crippen LogP contribution in [0.3, 0.4) is 0 Å². The van der Waals surface area contributed by atoms with Gasteiger partial charge < -0.3 is 19.7 Å². The summed E-state index contributed by atoms with van der Waals surface area (Å²) in [5.74, 6) is 6.00. The Morgan fingerprint density at radius 3 is 2.28 bits per heavy atom. The molecule has 0 aromatic heterocycles. The van der Waals surface area contributed by atoms with E-state index in [1.54, 1.807) is 31.2 Å². The highest BCUT2D eigenvalue weighted by molar-refractivity contribution is 6.09. The molecule has 6 atom stereocenters. The van der Waals surface area contributed by atoms with Crippen LogP contribution in [0, 0.1) is 40.4 Å². The highest BCUT2D eigenvalue weighted by Gasteiger charge is 2.64. The predicted molar refractivity (Wildman–Crippen MR) is 161 cm³/mol. The number of nitrogens with zero attached hydrogens (tertiary/aromatic N) is 1. The van der Waals surface area contributed by atoms with Crippen molar-refractivity contribution in [3.05, 3.63) is 81.9 Å². The first-order chi connectivity index (χ1) is 20.6. The van der Waals surface area contributed by atoms with Crippen molar-refractivity contribution in [3.8, 4) is 17.9 Å². The lowest BCUT2D eigenvalue weighted by Crippen LogP contribution is -2.55. The second-order valence-corrected chi connectivity index (χ2v) is 13.6. The fourth-order valence-corrected chi connectivity index (χ4v) is 9.46. The Labute approximate surface area is 253 Å². The number of carbonyl (C=O) groups is 1. The van der Waals surface area contributed by atoms with Gasteiger partial charge in [0.25, 0.3) is 0 Å². The number of carbonyl (C=O) groups excluding carboxylic acids is 1. The van der Waals surface area contributed by atoms with Gasteiger partial charge in [0.1, 0.15) is 5.60 Å². The molecular weight excluding hydrogens is 538 g/mol. The summed E-state index contributed by atoms with van der Waals surface area (Å²) < 4.78 is 12.1. The summed E-state index contributed by atoms with van der Waals surface area (Å²) in [6, 6.07) is 16.7. The summed E-state index contributed by atoms with van der Waals surface area (Å²) in [6.07, 6.45) is 5.76. The van der Waals surface area contributed by atoms with Crippen LogP contribution in [0.1, 0.15) is 98.2 Å². The Hall–Kier alpha value is -3.26. The van der Waals surface area contributed by atoms with E-state index >= 15 is 0 Å². The topological polar surface area (TPSA) is 99.8 Å². The quantitative estimate of drug-likeness (QED) is 0.271. The van der Waals surface area contributed by atoms with Crippen molar-refractivity contribution in [2.45, 2.75) is 88.1 Å². The molecule has 2 N–H and O–H groups in total. The average molecular weight is 578 g/mol. The van der Waals surface area contributed by atoms with Gasteiger partial charge in [0.2, 0.25) is 0 Å². The van der Waals surface area contributed by atoms with Crippen LogP contribution >= 0.6 is 0 Å². The second kappa shape index (κ2) is 10.1. The number of allylic oxidation sites excluding steroid dienone is 1. The van der Waals surface area contributed by atoms with Crippen LogP contribution in [0.15, 0.2) is 59.7 Å². The molecule has 5 aliphatic rings. The molecule has 6 heteroatoms. The summed E-state index contributed by atoms with van der Waals surface area (Å²) in [7, 11) is 0. The smallest absolute Gasteiger partial charge is 0.193 e. The maximum absolute atomic E-state index is 13.3. The number of ketones is 1. The predicted octanol–water partition coefficient (Wildman–Crippen LogP) is 5.81. The molecule has 222 valence electrons. The molecule has 2 aromatic rings. The summed E-state index contributed by atoms with van der Waals surface area (Å²) in [5, 5.41) is 33.3. The molecule has 0 unspecified atom stereocenters. The van der Waals surface area contributed by atoms with Gasteiger partial charge in [-0.25, -0.2) is 0 Å². The minimum absolute atomic E-state index is 0.00474. The molecule has 1 spiro atoms. The van der Waals surface area contributed by atoms with Gasteiger partial charge in [0.15, 0.2) is 11.6 Å². The van der Waals surface area contributed by atoms with Gasteiger partial charge in [-0.3, -0.25) is 4.79 Å². The molecule has 3 saturated carbocycles. The average Bonchev–Trinajstić information content (AvgIpc) is 3.57. The van der Waals surface area contributed by atoms with E-state index in [9.17, 15) is 15.0 Å². The van der Waals surface area contributed by atoms with Crippen molar-refractivity contribution in [1.29, 1.82) is 5.26 Å². The largest absolute Gasteiger partial charge is 0.385 e. The van der Waals surface area contributed by atoms with E-state index in [0.717, 1.165) is 43.2 Å². The molecule has 1 heterocycles. The van der Waals surface area contributed by atoms with Crippen LogP contribution in [0.4, 0.5) is 0 Å². The molecule has 0 radical (unpaired) electrons. The van der Waals surface area contributed by atoms with Crippen LogP contribution < -0.4 is 0 Å². The maximum atomic E-state index is 13.3. The molecule has 4 fully saturated rings. The number of rotatable bonds is 3. The van der Waals surface area contributed by atoms with Crippen LogP contribution in [0.5, 0.6) is 0 Å². The van der Waals surface area contributed by atoms with E-state index in [1.807, 2.05) is 12.1 Å². The van der Waals surface area contributed by atoms with Crippen LogP contribution in [-0.4, -0.2) is 46.2 Å². The number of hydrogen-bond acceptors (Lipinski definition) is 6. The second-order valence-electron chi connectivity index (χ2n) is 13.6. The van der Waals surface area contributed by atoms with Gasteiger partial charge >= 0.3 is 0 Å². The first-order valence-corrected chi connectivity index (χ1v) is 15.7. The molecule has 0 bridgehead atoms. The summed E-state index contributed by atoms with van der Waals surface area (Å²) >= 11 is 0. The normalized spacial score (nSPS) is 35.7. The molecule has 43 heavy (non-hydrogen) atoms. The Morgan fingerprint density at radius 1 is 0.953 bits per heavy atom. The minimum atomic E-state index is -1.05. The number of aliphatic hydroxyl groups is 2. The highest BCUT2D eigenvalue weighted by Crippen LogP contribution is 2.67. The number of nitriles is 1. The Morgan fingerprint density at radius 2 is 1.63 bits per heavy atom. The van der Waals surface area contributed by atoms with Gasteiger partial charge in [-0.1, -0.05) is 42.7 Å². The summed E-state index contributed by atoms with van der Waals surface area (Å²) in [6.45, 7) is 5.16. The number of fused-ring (bicyclic) bond motifs is 4. The zero-order valence-corrected chi connectivity index (χ0v) is 25.0. The molecule has 1 aliphatic heterocycles. The van der Waals surface area contributed by atoms with E-state index in [2.05, 4.69) is 37.0 Å². The fourth-order valence-electron chi connectivity index (χ4n) is 9.46. The molecule has 4 aliphatic carbocycles. The van der Waals surface area contributed by atoms with E-state index < -0.39 is 22.4 Å². The Kier molecular flexibility index (Phi) is 6.73. The van der Waals surface area contributed by atoms with Crippen molar-refractivity contribution in [3.63, 3.8) is 0 Å². The van der Waals surface area contributed by atoms with Gasteiger partial charge in [-0.15, -0.1) is 5.92 Å². The maximum Gasteiger partial charge on any atom is 0.193 e. The lowest BCUT2D eigenvalue weighted by atomic mass is 9.49. The van der Waals surface area contributed by atoms with E-state index in [4.69, 9.17) is 14.7 Å². The third kappa shape index (κ3) is 4.34. The van der Waals surface area contributed by atoms with Crippen molar-refractivity contribution in [2.24, 2.45) is 17.3 Å². The molecule has 7 rings (SSSR count). The molecule has 0 amide bonds. The Balaban J connectivity index is 1.29. The monoisotopic (exact) mass is 577 g/mol. The van der Waals surface area contributed by atoms with Crippen LogP contribution in [0.2, 0.25) is 0 Å². The molecular formula is C37H39NO5. The molecule has 6 nitrogen and oxygen atoms in total. The first kappa shape index (κ1) is 28.5. The zero-order chi connectivity index (χ0) is 30.0. The van der Waals surface area contributed by atoms with Crippen LogP contribution in [0.25, 0.3) is 0 Å². The van der Waals surface area contributed by atoms with Crippen LogP contribution in [-0.2, 0) is 9.47 Å². The van der Waals surface area contributed by atoms with Crippen molar-refractivity contribution >= 4 is 5.78 Å². The zero-order valence-electron chi connectivity index (χ0n) is 25.0. The van der Waals surface area contributed by atoms with Gasteiger partial charge in [0, 0.05) is 35.3 Å². The number of ether oxygens (including phenoxy) is 2. The van der Waals surface area contributed by atoms with Crippen molar-refractivity contribution in [2.75, 3.05) is 13.2 Å². The summed E-state index contributed by atoms with van der Waals surface area (Å²) in [4.78, 5) is 13.3. The van der Waals surface area contributed by atoms with Gasteiger partial charge in [-0.05, 0) is 92.7 Å². The highest BCUT2D eigenvalue weighted by atomic mass is 16.7. The third-order valence-electron chi connectivity index (χ3n) is 11.6. The lowest BCUT2D eigenvalue weighted by Gasteiger charge is -2.57.